The summed E-state index contributed by atoms with van der Waals surface area (Å²) in [7, 11) is 0. The Kier molecular flexibility index (Phi) is 3.19. The minimum absolute atomic E-state index is 0.0831. The van der Waals surface area contributed by atoms with Crippen LogP contribution in [0.2, 0.25) is 0 Å². The molecule has 86 valence electrons. The number of nitrogens with two attached hydrogens (primary N) is 1. The maximum absolute atomic E-state index is 12.0. The predicted molar refractivity (Wildman–Crippen MR) is 61.3 cm³/mol. The fourth-order valence-corrected chi connectivity index (χ4v) is 2.59. The van der Waals surface area contributed by atoms with Crippen LogP contribution in [0.25, 0.3) is 0 Å². The Morgan fingerprint density at radius 1 is 1.38 bits per heavy atom. The van der Waals surface area contributed by atoms with E-state index in [0.29, 0.717) is 0 Å². The molecule has 0 spiro atoms. The van der Waals surface area contributed by atoms with E-state index in [0.717, 1.165) is 31.2 Å². The number of nitrogens with zero attached hydrogens (tertiary/aromatic N) is 1. The maximum Gasteiger partial charge on any atom is 0.244 e. The Hall–Kier alpha value is -1.42. The van der Waals surface area contributed by atoms with Crippen LogP contribution in [0.15, 0.2) is 24.5 Å². The average Bonchev–Trinajstić information content (AvgIpc) is 2.39. The van der Waals surface area contributed by atoms with Crippen LogP contribution < -0.4 is 11.3 Å². The number of carbonyl (C=O) groups is 1. The molecule has 0 saturated heterocycles. The first kappa shape index (κ1) is 11.1. The summed E-state index contributed by atoms with van der Waals surface area (Å²) in [6, 6.07) is 3.84. The molecular weight excluding hydrogens is 202 g/mol. The van der Waals surface area contributed by atoms with Gasteiger partial charge in [-0.25, -0.2) is 5.84 Å². The lowest BCUT2D eigenvalue weighted by Crippen LogP contribution is -2.48. The van der Waals surface area contributed by atoms with E-state index in [1.165, 1.54) is 6.42 Å². The molecule has 0 atom stereocenters. The van der Waals surface area contributed by atoms with E-state index in [-0.39, 0.29) is 5.91 Å². The van der Waals surface area contributed by atoms with Crippen LogP contribution in [0.3, 0.4) is 0 Å². The molecule has 1 aromatic heterocycles. The summed E-state index contributed by atoms with van der Waals surface area (Å²) in [4.78, 5) is 16.1. The molecule has 0 aliphatic heterocycles. The van der Waals surface area contributed by atoms with Crippen LogP contribution in [-0.4, -0.2) is 10.9 Å². The minimum Gasteiger partial charge on any atom is -0.293 e. The van der Waals surface area contributed by atoms with Crippen molar-refractivity contribution < 1.29 is 4.79 Å². The average molecular weight is 219 g/mol. The van der Waals surface area contributed by atoms with Crippen LogP contribution in [0, 0.1) is 0 Å². The monoisotopic (exact) mass is 219 g/mol. The fourth-order valence-electron chi connectivity index (χ4n) is 2.59. The van der Waals surface area contributed by atoms with Gasteiger partial charge >= 0.3 is 0 Å². The Morgan fingerprint density at radius 2 is 2.12 bits per heavy atom. The van der Waals surface area contributed by atoms with Crippen molar-refractivity contribution in [3.05, 3.63) is 30.1 Å². The van der Waals surface area contributed by atoms with E-state index in [4.69, 9.17) is 5.84 Å². The second-order valence-corrected chi connectivity index (χ2v) is 4.36. The molecule has 4 heteroatoms. The van der Waals surface area contributed by atoms with Crippen molar-refractivity contribution in [2.75, 3.05) is 0 Å². The Bertz CT molecular complexity index is 358. The van der Waals surface area contributed by atoms with E-state index < -0.39 is 5.41 Å². The van der Waals surface area contributed by atoms with Gasteiger partial charge in [0.15, 0.2) is 0 Å². The molecule has 3 N–H and O–H groups in total. The molecule has 0 aromatic carbocycles. The molecule has 2 rings (SSSR count). The third kappa shape index (κ3) is 1.80. The molecule has 1 aliphatic carbocycles. The molecule has 4 nitrogen and oxygen atoms in total. The van der Waals surface area contributed by atoms with Gasteiger partial charge in [0.05, 0.1) is 5.41 Å². The Morgan fingerprint density at radius 3 is 2.69 bits per heavy atom. The van der Waals surface area contributed by atoms with Crippen LogP contribution >= 0.6 is 0 Å². The van der Waals surface area contributed by atoms with Gasteiger partial charge in [0, 0.05) is 12.4 Å². The molecule has 16 heavy (non-hydrogen) atoms. The van der Waals surface area contributed by atoms with Crippen molar-refractivity contribution in [2.24, 2.45) is 5.84 Å². The van der Waals surface area contributed by atoms with E-state index in [2.05, 4.69) is 10.4 Å². The van der Waals surface area contributed by atoms with E-state index in [1.807, 2.05) is 12.1 Å². The lowest BCUT2D eigenvalue weighted by Gasteiger charge is -2.35. The minimum atomic E-state index is -0.457. The van der Waals surface area contributed by atoms with Crippen molar-refractivity contribution in [1.29, 1.82) is 0 Å². The Labute approximate surface area is 95.2 Å². The summed E-state index contributed by atoms with van der Waals surface area (Å²) in [6.07, 6.45) is 8.56. The highest BCUT2D eigenvalue weighted by molar-refractivity contribution is 5.87. The third-order valence-electron chi connectivity index (χ3n) is 3.49. The summed E-state index contributed by atoms with van der Waals surface area (Å²) in [6.45, 7) is 0. The number of hydrogen-bond donors (Lipinski definition) is 2. The summed E-state index contributed by atoms with van der Waals surface area (Å²) in [5, 5.41) is 0. The molecule has 1 aliphatic rings. The highest BCUT2D eigenvalue weighted by Crippen LogP contribution is 2.39. The molecular formula is C12H17N3O. The van der Waals surface area contributed by atoms with E-state index >= 15 is 0 Å². The van der Waals surface area contributed by atoms with Gasteiger partial charge in [-0.05, 0) is 24.5 Å². The van der Waals surface area contributed by atoms with Gasteiger partial charge in [0.2, 0.25) is 5.91 Å². The smallest absolute Gasteiger partial charge is 0.244 e. The number of carbonyl (C=O) groups excluding carboxylic acids is 1. The van der Waals surface area contributed by atoms with Gasteiger partial charge in [-0.3, -0.25) is 15.2 Å². The molecule has 0 radical (unpaired) electrons. The maximum atomic E-state index is 12.0. The molecule has 0 unspecified atom stereocenters. The molecule has 0 bridgehead atoms. The first-order valence-corrected chi connectivity index (χ1v) is 5.71. The summed E-state index contributed by atoms with van der Waals surface area (Å²) in [5.74, 6) is 5.22. The standard InChI is InChI=1S/C12H17N3O/c13-15-11(16)12(6-2-1-3-7-12)10-5-4-8-14-9-10/h4-5,8-9H,1-3,6-7,13H2,(H,15,16). The van der Waals surface area contributed by atoms with E-state index in [1.54, 1.807) is 12.4 Å². The van der Waals surface area contributed by atoms with Crippen molar-refractivity contribution in [2.45, 2.75) is 37.5 Å². The number of rotatable bonds is 2. The van der Waals surface area contributed by atoms with Gasteiger partial charge in [-0.15, -0.1) is 0 Å². The SMILES string of the molecule is NNC(=O)C1(c2cccnc2)CCCCC1. The summed E-state index contributed by atoms with van der Waals surface area (Å²) < 4.78 is 0. The molecule has 1 aromatic rings. The number of aromatic nitrogens is 1. The second-order valence-electron chi connectivity index (χ2n) is 4.36. The van der Waals surface area contributed by atoms with Crippen LogP contribution in [0.4, 0.5) is 0 Å². The van der Waals surface area contributed by atoms with Crippen molar-refractivity contribution in [1.82, 2.24) is 10.4 Å². The third-order valence-corrected chi connectivity index (χ3v) is 3.49. The zero-order chi connectivity index (χ0) is 11.4. The normalized spacial score (nSPS) is 19.1. The fraction of sp³-hybridized carbons (Fsp3) is 0.500. The Balaban J connectivity index is 2.38. The number of pyridine rings is 1. The van der Waals surface area contributed by atoms with Crippen molar-refractivity contribution in [3.8, 4) is 0 Å². The number of amides is 1. The zero-order valence-corrected chi connectivity index (χ0v) is 9.28. The molecule has 1 fully saturated rings. The van der Waals surface area contributed by atoms with Gasteiger partial charge in [0.1, 0.15) is 0 Å². The lowest BCUT2D eigenvalue weighted by atomic mass is 9.69. The van der Waals surface area contributed by atoms with Gasteiger partial charge in [0.25, 0.3) is 0 Å². The lowest BCUT2D eigenvalue weighted by molar-refractivity contribution is -0.128. The van der Waals surface area contributed by atoms with Crippen molar-refractivity contribution >= 4 is 5.91 Å². The quantitative estimate of drug-likeness (QED) is 0.447. The van der Waals surface area contributed by atoms with Gasteiger partial charge in [-0.2, -0.15) is 0 Å². The largest absolute Gasteiger partial charge is 0.293 e. The molecule has 1 saturated carbocycles. The van der Waals surface area contributed by atoms with E-state index in [9.17, 15) is 4.79 Å². The molecule has 1 heterocycles. The predicted octanol–water partition coefficient (Wildman–Crippen LogP) is 1.27. The zero-order valence-electron chi connectivity index (χ0n) is 9.28. The van der Waals surface area contributed by atoms with Crippen LogP contribution in [0.1, 0.15) is 37.7 Å². The van der Waals surface area contributed by atoms with Crippen LogP contribution in [0.5, 0.6) is 0 Å². The second kappa shape index (κ2) is 4.61. The first-order chi connectivity index (χ1) is 7.79. The van der Waals surface area contributed by atoms with Gasteiger partial charge in [-0.1, -0.05) is 25.3 Å². The number of hydrogen-bond acceptors (Lipinski definition) is 3. The topological polar surface area (TPSA) is 68.0 Å². The van der Waals surface area contributed by atoms with Crippen molar-refractivity contribution in [3.63, 3.8) is 0 Å². The number of nitrogens with one attached hydrogen (secondary N) is 1. The number of hydrazine groups is 1. The highest BCUT2D eigenvalue weighted by atomic mass is 16.2. The highest BCUT2D eigenvalue weighted by Gasteiger charge is 2.40. The summed E-state index contributed by atoms with van der Waals surface area (Å²) >= 11 is 0. The summed E-state index contributed by atoms with van der Waals surface area (Å²) in [5.41, 5.74) is 2.83. The van der Waals surface area contributed by atoms with Gasteiger partial charge < -0.3 is 0 Å². The van der Waals surface area contributed by atoms with Crippen LogP contribution in [-0.2, 0) is 10.2 Å². The first-order valence-electron chi connectivity index (χ1n) is 5.71. The molecule has 1 amide bonds.